The first-order valence-corrected chi connectivity index (χ1v) is 6.70. The van der Waals surface area contributed by atoms with Crippen molar-refractivity contribution in [3.63, 3.8) is 0 Å². The molecule has 1 unspecified atom stereocenters. The van der Waals surface area contributed by atoms with Gasteiger partial charge in [0.05, 0.1) is 0 Å². The van der Waals surface area contributed by atoms with E-state index in [1.54, 1.807) is 0 Å². The third-order valence-corrected chi connectivity index (χ3v) is 3.26. The van der Waals surface area contributed by atoms with Gasteiger partial charge >= 0.3 is 0 Å². The Morgan fingerprint density at radius 2 is 1.94 bits per heavy atom. The lowest BCUT2D eigenvalue weighted by atomic mass is 10.1. The Kier molecular flexibility index (Phi) is 6.47. The van der Waals surface area contributed by atoms with Crippen molar-refractivity contribution in [2.75, 3.05) is 19.7 Å². The van der Waals surface area contributed by atoms with Crippen LogP contribution in [0.3, 0.4) is 0 Å². The van der Waals surface area contributed by atoms with Crippen LogP contribution in [0.4, 0.5) is 0 Å². The number of hydrogen-bond donors (Lipinski definition) is 2. The van der Waals surface area contributed by atoms with Gasteiger partial charge in [-0.05, 0) is 50.1 Å². The molecule has 0 amide bonds. The molecular formula is C14H22ClNO2. The summed E-state index contributed by atoms with van der Waals surface area (Å²) in [4.78, 5) is 0. The van der Waals surface area contributed by atoms with Gasteiger partial charge in [-0.25, -0.2) is 0 Å². The maximum atomic E-state index is 9.72. The summed E-state index contributed by atoms with van der Waals surface area (Å²) >= 11 is 6.08. The molecule has 1 aromatic rings. The van der Waals surface area contributed by atoms with Crippen molar-refractivity contribution in [1.29, 1.82) is 0 Å². The van der Waals surface area contributed by atoms with Gasteiger partial charge in [0.2, 0.25) is 0 Å². The highest BCUT2D eigenvalue weighted by Crippen LogP contribution is 2.25. The quantitative estimate of drug-likeness (QED) is 0.750. The molecule has 0 aromatic heterocycles. The number of halogens is 1. The Labute approximate surface area is 114 Å². The topological polar surface area (TPSA) is 41.5 Å². The average Bonchev–Trinajstić information content (AvgIpc) is 2.33. The van der Waals surface area contributed by atoms with E-state index in [1.807, 2.05) is 26.0 Å². The highest BCUT2D eigenvalue weighted by molar-refractivity contribution is 6.32. The fourth-order valence-electron chi connectivity index (χ4n) is 1.69. The Balaban J connectivity index is 2.43. The third kappa shape index (κ3) is 4.84. The van der Waals surface area contributed by atoms with E-state index in [-0.39, 0.29) is 6.61 Å². The highest BCUT2D eigenvalue weighted by Gasteiger charge is 2.07. The van der Waals surface area contributed by atoms with Crippen LogP contribution in [0.5, 0.6) is 5.75 Å². The van der Waals surface area contributed by atoms with Crippen LogP contribution in [0.1, 0.15) is 24.5 Å². The van der Waals surface area contributed by atoms with Crippen molar-refractivity contribution in [2.24, 2.45) is 0 Å². The number of benzene rings is 1. The van der Waals surface area contributed by atoms with Gasteiger partial charge < -0.3 is 15.2 Å². The third-order valence-electron chi connectivity index (χ3n) is 2.66. The lowest BCUT2D eigenvalue weighted by molar-refractivity contribution is 0.106. The Morgan fingerprint density at radius 1 is 1.33 bits per heavy atom. The standard InChI is InChI=1S/C14H22ClNO2/c1-4-5-16-8-12(17)9-18-13-6-10(2)14(15)11(3)7-13/h6-7,12,16-17H,4-5,8-9H2,1-3H3. The van der Waals surface area contributed by atoms with Gasteiger partial charge in [0, 0.05) is 11.6 Å². The maximum Gasteiger partial charge on any atom is 0.120 e. The average molecular weight is 272 g/mol. The molecule has 0 aliphatic rings. The lowest BCUT2D eigenvalue weighted by Crippen LogP contribution is -2.31. The van der Waals surface area contributed by atoms with E-state index in [9.17, 15) is 5.11 Å². The van der Waals surface area contributed by atoms with Gasteiger partial charge in [0.1, 0.15) is 18.5 Å². The number of nitrogens with one attached hydrogen (secondary N) is 1. The zero-order valence-electron chi connectivity index (χ0n) is 11.3. The molecule has 3 nitrogen and oxygen atoms in total. The fraction of sp³-hybridized carbons (Fsp3) is 0.571. The molecule has 1 rings (SSSR count). The Hall–Kier alpha value is -0.770. The summed E-state index contributed by atoms with van der Waals surface area (Å²) in [5.74, 6) is 0.754. The van der Waals surface area contributed by atoms with Crippen LogP contribution in [0, 0.1) is 13.8 Å². The summed E-state index contributed by atoms with van der Waals surface area (Å²) in [6.45, 7) is 7.74. The molecule has 0 fully saturated rings. The van der Waals surface area contributed by atoms with E-state index in [0.717, 1.165) is 34.9 Å². The van der Waals surface area contributed by atoms with Crippen molar-refractivity contribution >= 4 is 11.6 Å². The minimum absolute atomic E-state index is 0.289. The van der Waals surface area contributed by atoms with E-state index >= 15 is 0 Å². The molecular weight excluding hydrogens is 250 g/mol. The van der Waals surface area contributed by atoms with Crippen LogP contribution in [0.25, 0.3) is 0 Å². The lowest BCUT2D eigenvalue weighted by Gasteiger charge is -2.14. The second-order valence-electron chi connectivity index (χ2n) is 4.54. The number of aryl methyl sites for hydroxylation is 2. The minimum atomic E-state index is -0.493. The molecule has 1 aromatic carbocycles. The molecule has 0 aliphatic carbocycles. The molecule has 18 heavy (non-hydrogen) atoms. The molecule has 2 N–H and O–H groups in total. The summed E-state index contributed by atoms with van der Waals surface area (Å²) in [7, 11) is 0. The van der Waals surface area contributed by atoms with E-state index in [0.29, 0.717) is 6.54 Å². The summed E-state index contributed by atoms with van der Waals surface area (Å²) in [6.07, 6.45) is 0.566. The van der Waals surface area contributed by atoms with Crippen LogP contribution in [-0.2, 0) is 0 Å². The van der Waals surface area contributed by atoms with E-state index in [2.05, 4.69) is 12.2 Å². The first kappa shape index (κ1) is 15.3. The van der Waals surface area contributed by atoms with Crippen LogP contribution < -0.4 is 10.1 Å². The van der Waals surface area contributed by atoms with Gasteiger partial charge in [-0.15, -0.1) is 0 Å². The molecule has 0 heterocycles. The van der Waals surface area contributed by atoms with Crippen molar-refractivity contribution < 1.29 is 9.84 Å². The van der Waals surface area contributed by atoms with Crippen LogP contribution >= 0.6 is 11.6 Å². The fourth-order valence-corrected chi connectivity index (χ4v) is 1.80. The molecule has 102 valence electrons. The second-order valence-corrected chi connectivity index (χ2v) is 4.92. The van der Waals surface area contributed by atoms with Gasteiger partial charge in [-0.1, -0.05) is 18.5 Å². The molecule has 0 saturated carbocycles. The van der Waals surface area contributed by atoms with Crippen molar-refractivity contribution in [3.05, 3.63) is 28.3 Å². The van der Waals surface area contributed by atoms with Crippen LogP contribution in [-0.4, -0.2) is 30.9 Å². The number of hydrogen-bond acceptors (Lipinski definition) is 3. The Bertz CT molecular complexity index is 359. The van der Waals surface area contributed by atoms with Crippen molar-refractivity contribution in [3.8, 4) is 5.75 Å². The number of rotatable bonds is 7. The summed E-state index contributed by atoms with van der Waals surface area (Å²) in [5.41, 5.74) is 1.98. The number of ether oxygens (including phenoxy) is 1. The Morgan fingerprint density at radius 3 is 2.50 bits per heavy atom. The van der Waals surface area contributed by atoms with Gasteiger partial charge in [-0.3, -0.25) is 0 Å². The van der Waals surface area contributed by atoms with Crippen LogP contribution in [0.2, 0.25) is 5.02 Å². The highest BCUT2D eigenvalue weighted by atomic mass is 35.5. The van der Waals surface area contributed by atoms with Gasteiger partial charge in [0.25, 0.3) is 0 Å². The summed E-state index contributed by atoms with van der Waals surface area (Å²) in [5, 5.41) is 13.6. The van der Waals surface area contributed by atoms with Crippen molar-refractivity contribution in [2.45, 2.75) is 33.3 Å². The molecule has 0 spiro atoms. The largest absolute Gasteiger partial charge is 0.491 e. The van der Waals surface area contributed by atoms with Crippen LogP contribution in [0.15, 0.2) is 12.1 Å². The van der Waals surface area contributed by atoms with E-state index < -0.39 is 6.10 Å². The monoisotopic (exact) mass is 271 g/mol. The zero-order valence-corrected chi connectivity index (χ0v) is 12.0. The molecule has 0 bridgehead atoms. The smallest absolute Gasteiger partial charge is 0.120 e. The summed E-state index contributed by atoms with van der Waals surface area (Å²) in [6, 6.07) is 3.78. The minimum Gasteiger partial charge on any atom is -0.491 e. The van der Waals surface area contributed by atoms with Gasteiger partial charge in [0.15, 0.2) is 0 Å². The summed E-state index contributed by atoms with van der Waals surface area (Å²) < 4.78 is 5.57. The van der Waals surface area contributed by atoms with Gasteiger partial charge in [-0.2, -0.15) is 0 Å². The zero-order chi connectivity index (χ0) is 13.5. The van der Waals surface area contributed by atoms with Crippen molar-refractivity contribution in [1.82, 2.24) is 5.32 Å². The molecule has 4 heteroatoms. The molecule has 0 aliphatic heterocycles. The molecule has 0 radical (unpaired) electrons. The molecule has 0 saturated heterocycles. The first-order chi connectivity index (χ1) is 8.54. The second kappa shape index (κ2) is 7.62. The molecule has 1 atom stereocenters. The SMILES string of the molecule is CCCNCC(O)COc1cc(C)c(Cl)c(C)c1. The maximum absolute atomic E-state index is 9.72. The van der Waals surface area contributed by atoms with E-state index in [4.69, 9.17) is 16.3 Å². The predicted octanol–water partition coefficient (Wildman–Crippen LogP) is 2.70. The number of aliphatic hydroxyl groups is 1. The normalized spacial score (nSPS) is 12.5. The number of aliphatic hydroxyl groups excluding tert-OH is 1. The van der Waals surface area contributed by atoms with E-state index in [1.165, 1.54) is 0 Å². The first-order valence-electron chi connectivity index (χ1n) is 6.33. The predicted molar refractivity (Wildman–Crippen MR) is 75.6 cm³/mol.